The zero-order valence-corrected chi connectivity index (χ0v) is 10.9. The average molecular weight is 250 g/mol. The molecule has 1 aromatic rings. The van der Waals surface area contributed by atoms with Crippen LogP contribution >= 0.6 is 0 Å². The van der Waals surface area contributed by atoms with Crippen LogP contribution in [0, 0.1) is 0 Å². The van der Waals surface area contributed by atoms with Crippen molar-refractivity contribution in [3.63, 3.8) is 0 Å². The minimum Gasteiger partial charge on any atom is -0.395 e. The van der Waals surface area contributed by atoms with E-state index >= 15 is 0 Å². The van der Waals surface area contributed by atoms with Gasteiger partial charge in [0.25, 0.3) is 0 Å². The Morgan fingerprint density at radius 2 is 1.94 bits per heavy atom. The number of amides is 1. The number of carbonyl (C=O) groups is 1. The van der Waals surface area contributed by atoms with Gasteiger partial charge in [-0.25, -0.2) is 0 Å². The highest BCUT2D eigenvalue weighted by atomic mass is 16.3. The fourth-order valence-electron chi connectivity index (χ4n) is 1.96. The lowest BCUT2D eigenvalue weighted by atomic mass is 10.0. The Morgan fingerprint density at radius 1 is 1.28 bits per heavy atom. The normalized spacial score (nSPS) is 10.4. The predicted octanol–water partition coefficient (Wildman–Crippen LogP) is 0.919. The van der Waals surface area contributed by atoms with E-state index in [9.17, 15) is 4.79 Å². The zero-order valence-electron chi connectivity index (χ0n) is 10.9. The highest BCUT2D eigenvalue weighted by molar-refractivity contribution is 5.79. The molecular weight excluding hydrogens is 228 g/mol. The molecule has 0 saturated carbocycles. The lowest BCUT2D eigenvalue weighted by molar-refractivity contribution is -0.131. The second-order valence-corrected chi connectivity index (χ2v) is 4.25. The summed E-state index contributed by atoms with van der Waals surface area (Å²) in [4.78, 5) is 13.8. The average Bonchev–Trinajstić information content (AvgIpc) is 2.39. The van der Waals surface area contributed by atoms with Crippen LogP contribution in [0.3, 0.4) is 0 Å². The molecule has 100 valence electrons. The molecular formula is C14H22N2O2. The lowest BCUT2D eigenvalue weighted by Crippen LogP contribution is -2.35. The molecule has 0 spiro atoms. The summed E-state index contributed by atoms with van der Waals surface area (Å²) in [5, 5.41) is 8.97. The summed E-state index contributed by atoms with van der Waals surface area (Å²) in [5.74, 6) is 0.0480. The molecule has 4 nitrogen and oxygen atoms in total. The van der Waals surface area contributed by atoms with E-state index in [4.69, 9.17) is 10.8 Å². The summed E-state index contributed by atoms with van der Waals surface area (Å²) in [6.07, 6.45) is 1.25. The van der Waals surface area contributed by atoms with E-state index in [0.717, 1.165) is 17.5 Å². The van der Waals surface area contributed by atoms with Crippen molar-refractivity contribution in [1.82, 2.24) is 4.90 Å². The first-order chi connectivity index (χ1) is 8.72. The quantitative estimate of drug-likeness (QED) is 0.756. The lowest BCUT2D eigenvalue weighted by Gasteiger charge is -2.21. The number of rotatable bonds is 7. The summed E-state index contributed by atoms with van der Waals surface area (Å²) in [7, 11) is 0. The van der Waals surface area contributed by atoms with Gasteiger partial charge in [0.05, 0.1) is 13.0 Å². The molecule has 0 aliphatic carbocycles. The Bertz CT molecular complexity index is 374. The third-order valence-corrected chi connectivity index (χ3v) is 2.90. The molecule has 3 N–H and O–H groups in total. The molecule has 0 aliphatic heterocycles. The van der Waals surface area contributed by atoms with Gasteiger partial charge in [-0.15, -0.1) is 0 Å². The largest absolute Gasteiger partial charge is 0.395 e. The highest BCUT2D eigenvalue weighted by Crippen LogP contribution is 2.10. The summed E-state index contributed by atoms with van der Waals surface area (Å²) >= 11 is 0. The monoisotopic (exact) mass is 250 g/mol. The van der Waals surface area contributed by atoms with E-state index in [-0.39, 0.29) is 12.5 Å². The van der Waals surface area contributed by atoms with Crippen LogP contribution in [0.4, 0.5) is 0 Å². The third-order valence-electron chi connectivity index (χ3n) is 2.90. The summed E-state index contributed by atoms with van der Waals surface area (Å²) in [5.41, 5.74) is 7.64. The van der Waals surface area contributed by atoms with Gasteiger partial charge in [-0.3, -0.25) is 4.79 Å². The highest BCUT2D eigenvalue weighted by Gasteiger charge is 2.13. The van der Waals surface area contributed by atoms with Crippen LogP contribution in [0.15, 0.2) is 24.3 Å². The number of nitrogens with two attached hydrogens (primary N) is 1. The molecule has 1 aromatic carbocycles. The van der Waals surface area contributed by atoms with Crippen molar-refractivity contribution < 1.29 is 9.90 Å². The van der Waals surface area contributed by atoms with Crippen LogP contribution in [-0.4, -0.2) is 35.6 Å². The van der Waals surface area contributed by atoms with Crippen LogP contribution in [0.25, 0.3) is 0 Å². The van der Waals surface area contributed by atoms with E-state index in [1.54, 1.807) is 4.90 Å². The van der Waals surface area contributed by atoms with Gasteiger partial charge in [-0.1, -0.05) is 31.2 Å². The van der Waals surface area contributed by atoms with Gasteiger partial charge in [-0.2, -0.15) is 0 Å². The number of hydrogen-bond donors (Lipinski definition) is 2. The number of benzene rings is 1. The molecule has 0 fully saturated rings. The maximum Gasteiger partial charge on any atom is 0.227 e. The van der Waals surface area contributed by atoms with E-state index in [1.165, 1.54) is 0 Å². The van der Waals surface area contributed by atoms with E-state index in [1.807, 2.05) is 31.2 Å². The van der Waals surface area contributed by atoms with E-state index in [0.29, 0.717) is 26.1 Å². The number of aliphatic hydroxyl groups excluding tert-OH is 1. The summed E-state index contributed by atoms with van der Waals surface area (Å²) in [6, 6.07) is 7.72. The Balaban J connectivity index is 2.72. The molecule has 1 amide bonds. The summed E-state index contributed by atoms with van der Waals surface area (Å²) in [6.45, 7) is 3.55. The van der Waals surface area contributed by atoms with Crippen LogP contribution in [0.2, 0.25) is 0 Å². The van der Waals surface area contributed by atoms with Crippen LogP contribution in [0.1, 0.15) is 24.5 Å². The van der Waals surface area contributed by atoms with Crippen LogP contribution in [-0.2, 0) is 17.8 Å². The van der Waals surface area contributed by atoms with Crippen molar-refractivity contribution in [3.8, 4) is 0 Å². The zero-order chi connectivity index (χ0) is 13.4. The van der Waals surface area contributed by atoms with Gasteiger partial charge >= 0.3 is 0 Å². The fourth-order valence-corrected chi connectivity index (χ4v) is 1.96. The second kappa shape index (κ2) is 7.84. The van der Waals surface area contributed by atoms with Crippen molar-refractivity contribution >= 4 is 5.91 Å². The van der Waals surface area contributed by atoms with Crippen LogP contribution in [0.5, 0.6) is 0 Å². The fraction of sp³-hybridized carbons (Fsp3) is 0.500. The minimum absolute atomic E-state index is 0.00424. The first-order valence-corrected chi connectivity index (χ1v) is 6.38. The molecule has 0 atom stereocenters. The maximum atomic E-state index is 12.1. The molecule has 0 aromatic heterocycles. The number of aliphatic hydroxyl groups is 1. The molecule has 18 heavy (non-hydrogen) atoms. The van der Waals surface area contributed by atoms with Gasteiger partial charge < -0.3 is 15.7 Å². The Morgan fingerprint density at radius 3 is 2.50 bits per heavy atom. The van der Waals surface area contributed by atoms with Gasteiger partial charge in [0.15, 0.2) is 0 Å². The van der Waals surface area contributed by atoms with Crippen molar-refractivity contribution in [2.24, 2.45) is 5.73 Å². The molecule has 1 rings (SSSR count). The minimum atomic E-state index is 0.00424. The Labute approximate surface area is 108 Å². The standard InChI is InChI=1S/C14H22N2O2/c1-2-7-16(8-9-17)14(18)10-12-5-3-4-6-13(12)11-15/h3-6,17H,2,7-11,15H2,1H3. The number of hydrogen-bond acceptors (Lipinski definition) is 3. The molecule has 0 unspecified atom stereocenters. The van der Waals surface area contributed by atoms with E-state index in [2.05, 4.69) is 0 Å². The van der Waals surface area contributed by atoms with Crippen molar-refractivity contribution in [1.29, 1.82) is 0 Å². The maximum absolute atomic E-state index is 12.1. The topological polar surface area (TPSA) is 66.6 Å². The van der Waals surface area contributed by atoms with Gasteiger partial charge in [-0.05, 0) is 17.5 Å². The van der Waals surface area contributed by atoms with Crippen molar-refractivity contribution in [2.45, 2.75) is 26.3 Å². The molecule has 0 saturated heterocycles. The Hall–Kier alpha value is -1.39. The smallest absolute Gasteiger partial charge is 0.227 e. The Kier molecular flexibility index (Phi) is 6.39. The van der Waals surface area contributed by atoms with Crippen molar-refractivity contribution in [3.05, 3.63) is 35.4 Å². The predicted molar refractivity (Wildman–Crippen MR) is 72.0 cm³/mol. The van der Waals surface area contributed by atoms with Gasteiger partial charge in [0, 0.05) is 19.6 Å². The van der Waals surface area contributed by atoms with Gasteiger partial charge in [0.1, 0.15) is 0 Å². The summed E-state index contributed by atoms with van der Waals surface area (Å²) < 4.78 is 0. The third kappa shape index (κ3) is 4.13. The van der Waals surface area contributed by atoms with E-state index < -0.39 is 0 Å². The first kappa shape index (κ1) is 14.7. The molecule has 4 heteroatoms. The SMILES string of the molecule is CCCN(CCO)C(=O)Cc1ccccc1CN. The number of nitrogens with zero attached hydrogens (tertiary/aromatic N) is 1. The van der Waals surface area contributed by atoms with Crippen LogP contribution < -0.4 is 5.73 Å². The molecule has 0 aliphatic rings. The second-order valence-electron chi connectivity index (χ2n) is 4.25. The molecule has 0 heterocycles. The molecule has 0 bridgehead atoms. The first-order valence-electron chi connectivity index (χ1n) is 6.38. The van der Waals surface area contributed by atoms with Gasteiger partial charge in [0.2, 0.25) is 5.91 Å². The molecule has 0 radical (unpaired) electrons. The van der Waals surface area contributed by atoms with Crippen molar-refractivity contribution in [2.75, 3.05) is 19.7 Å². The number of carbonyl (C=O) groups excluding carboxylic acids is 1.